The largest absolute Gasteiger partial charge is 0.490 e. The number of aromatic nitrogens is 2. The van der Waals surface area contributed by atoms with Gasteiger partial charge in [0.2, 0.25) is 5.91 Å². The average Bonchev–Trinajstić information content (AvgIpc) is 3.05. The Morgan fingerprint density at radius 3 is 2.63 bits per heavy atom. The lowest BCUT2D eigenvalue weighted by Crippen LogP contribution is -2.33. The third-order valence-electron chi connectivity index (χ3n) is 4.55. The van der Waals surface area contributed by atoms with Crippen molar-refractivity contribution >= 4 is 40.8 Å². The number of nitrogens with one attached hydrogen (secondary N) is 1. The van der Waals surface area contributed by atoms with E-state index in [9.17, 15) is 4.79 Å². The van der Waals surface area contributed by atoms with E-state index in [1.807, 2.05) is 18.2 Å². The van der Waals surface area contributed by atoms with E-state index in [0.29, 0.717) is 19.0 Å². The van der Waals surface area contributed by atoms with Gasteiger partial charge in [-0.2, -0.15) is 0 Å². The van der Waals surface area contributed by atoms with E-state index in [-0.39, 0.29) is 17.9 Å². The highest BCUT2D eigenvalue weighted by molar-refractivity contribution is 8.03. The molecular weight excluding hydrogens is 438 g/mol. The van der Waals surface area contributed by atoms with E-state index in [1.54, 1.807) is 23.1 Å². The molecule has 0 spiro atoms. The molecule has 1 aromatic heterocycles. The van der Waals surface area contributed by atoms with Crippen LogP contribution in [0.15, 0.2) is 26.9 Å². The number of hydrogen-bond acceptors (Lipinski definition) is 8. The topological polar surface area (TPSA) is 73.3 Å². The van der Waals surface area contributed by atoms with Gasteiger partial charge in [0.05, 0.1) is 25.0 Å². The summed E-state index contributed by atoms with van der Waals surface area (Å²) in [5.41, 5.74) is 1.03. The normalized spacial score (nSPS) is 14.4. The van der Waals surface area contributed by atoms with Crippen LogP contribution in [-0.4, -0.2) is 40.8 Å². The SMILES string of the molecule is CCCCSc1nnc(SCC(=O)NC(c2ccc3c(c2)OCCCO3)C(C)C)s1. The van der Waals surface area contributed by atoms with Crippen LogP contribution in [0.2, 0.25) is 0 Å². The van der Waals surface area contributed by atoms with Gasteiger partial charge in [0.15, 0.2) is 20.2 Å². The minimum atomic E-state index is -0.0927. The number of carbonyl (C=O) groups excluding carboxylic acids is 1. The molecule has 0 fully saturated rings. The summed E-state index contributed by atoms with van der Waals surface area (Å²) in [6.45, 7) is 7.69. The Kier molecular flexibility index (Phi) is 9.14. The van der Waals surface area contributed by atoms with Crippen LogP contribution < -0.4 is 14.8 Å². The van der Waals surface area contributed by atoms with E-state index in [1.165, 1.54) is 24.6 Å². The predicted molar refractivity (Wildman–Crippen MR) is 124 cm³/mol. The maximum absolute atomic E-state index is 12.6. The lowest BCUT2D eigenvalue weighted by molar-refractivity contribution is -0.119. The molecule has 1 aliphatic rings. The number of unbranched alkanes of at least 4 members (excludes halogenated alkanes) is 1. The third kappa shape index (κ3) is 6.78. The van der Waals surface area contributed by atoms with Crippen LogP contribution in [0.5, 0.6) is 11.5 Å². The zero-order valence-corrected chi connectivity index (χ0v) is 20.1. The fraction of sp³-hybridized carbons (Fsp3) is 0.571. The van der Waals surface area contributed by atoms with E-state index < -0.39 is 0 Å². The van der Waals surface area contributed by atoms with Crippen molar-refractivity contribution in [3.05, 3.63) is 23.8 Å². The monoisotopic (exact) mass is 467 g/mol. The van der Waals surface area contributed by atoms with Crippen molar-refractivity contribution in [2.24, 2.45) is 5.92 Å². The number of fused-ring (bicyclic) bond motifs is 1. The van der Waals surface area contributed by atoms with E-state index in [2.05, 4.69) is 36.3 Å². The van der Waals surface area contributed by atoms with E-state index >= 15 is 0 Å². The zero-order valence-electron chi connectivity index (χ0n) is 17.7. The molecule has 2 heterocycles. The molecule has 30 heavy (non-hydrogen) atoms. The van der Waals surface area contributed by atoms with Gasteiger partial charge in [0, 0.05) is 12.2 Å². The van der Waals surface area contributed by atoms with Gasteiger partial charge in [-0.1, -0.05) is 68.1 Å². The Morgan fingerprint density at radius 2 is 1.90 bits per heavy atom. The van der Waals surface area contributed by atoms with Crippen LogP contribution in [0.3, 0.4) is 0 Å². The molecule has 164 valence electrons. The van der Waals surface area contributed by atoms with Crippen molar-refractivity contribution in [3.8, 4) is 11.5 Å². The van der Waals surface area contributed by atoms with Crippen molar-refractivity contribution in [3.63, 3.8) is 0 Å². The Hall–Kier alpha value is -1.45. The first kappa shape index (κ1) is 23.2. The second-order valence-corrected chi connectivity index (χ2v) is 10.9. The first-order valence-corrected chi connectivity index (χ1v) is 13.1. The van der Waals surface area contributed by atoms with Crippen LogP contribution in [0.4, 0.5) is 0 Å². The number of benzene rings is 1. The highest BCUT2D eigenvalue weighted by atomic mass is 32.2. The summed E-state index contributed by atoms with van der Waals surface area (Å²) in [6.07, 6.45) is 3.22. The number of hydrogen-bond donors (Lipinski definition) is 1. The van der Waals surface area contributed by atoms with Crippen molar-refractivity contribution in [2.75, 3.05) is 24.7 Å². The predicted octanol–water partition coefficient (Wildman–Crippen LogP) is 5.20. The molecule has 1 aliphatic heterocycles. The Balaban J connectivity index is 1.56. The Labute approximate surface area is 190 Å². The second kappa shape index (κ2) is 11.8. The minimum absolute atomic E-state index is 0.0128. The molecule has 1 unspecified atom stereocenters. The Morgan fingerprint density at radius 1 is 1.17 bits per heavy atom. The van der Waals surface area contributed by atoms with Crippen LogP contribution in [0.1, 0.15) is 51.6 Å². The molecule has 0 saturated heterocycles. The number of ether oxygens (including phenoxy) is 2. The lowest BCUT2D eigenvalue weighted by atomic mass is 9.95. The summed E-state index contributed by atoms with van der Waals surface area (Å²) >= 11 is 4.73. The number of nitrogens with zero attached hydrogens (tertiary/aromatic N) is 2. The highest BCUT2D eigenvalue weighted by Gasteiger charge is 2.21. The van der Waals surface area contributed by atoms with Gasteiger partial charge < -0.3 is 14.8 Å². The van der Waals surface area contributed by atoms with E-state index in [0.717, 1.165) is 37.9 Å². The fourth-order valence-corrected chi connectivity index (χ4v) is 5.95. The van der Waals surface area contributed by atoms with Crippen LogP contribution in [0.25, 0.3) is 0 Å². The fourth-order valence-electron chi connectivity index (χ4n) is 2.97. The van der Waals surface area contributed by atoms with Crippen molar-refractivity contribution in [1.29, 1.82) is 0 Å². The molecule has 2 aromatic rings. The highest BCUT2D eigenvalue weighted by Crippen LogP contribution is 2.34. The van der Waals surface area contributed by atoms with Gasteiger partial charge >= 0.3 is 0 Å². The maximum Gasteiger partial charge on any atom is 0.230 e. The van der Waals surface area contributed by atoms with Crippen LogP contribution >= 0.6 is 34.9 Å². The maximum atomic E-state index is 12.6. The van der Waals surface area contributed by atoms with Gasteiger partial charge in [-0.25, -0.2) is 0 Å². The minimum Gasteiger partial charge on any atom is -0.490 e. The molecule has 1 amide bonds. The molecule has 0 aliphatic carbocycles. The molecule has 1 aromatic carbocycles. The zero-order chi connectivity index (χ0) is 21.3. The van der Waals surface area contributed by atoms with Crippen LogP contribution in [-0.2, 0) is 4.79 Å². The molecule has 6 nitrogen and oxygen atoms in total. The first-order valence-electron chi connectivity index (χ1n) is 10.3. The van der Waals surface area contributed by atoms with Crippen LogP contribution in [0, 0.1) is 5.92 Å². The van der Waals surface area contributed by atoms with Gasteiger partial charge in [-0.3, -0.25) is 4.79 Å². The Bertz CT molecular complexity index is 829. The number of carbonyl (C=O) groups is 1. The molecule has 1 N–H and O–H groups in total. The van der Waals surface area contributed by atoms with Crippen molar-refractivity contribution in [2.45, 2.75) is 54.8 Å². The van der Waals surface area contributed by atoms with Gasteiger partial charge in [0.25, 0.3) is 0 Å². The summed E-state index contributed by atoms with van der Waals surface area (Å²) in [4.78, 5) is 12.6. The standard InChI is InChI=1S/C21H29N3O3S3/c1-4-5-11-28-20-23-24-21(30-20)29-13-18(25)22-19(14(2)3)15-7-8-16-17(12-15)27-10-6-9-26-16/h7-8,12,14,19H,4-6,9-11,13H2,1-3H3,(H,22,25). The van der Waals surface area contributed by atoms with E-state index in [4.69, 9.17) is 9.47 Å². The summed E-state index contributed by atoms with van der Waals surface area (Å²) in [6, 6.07) is 5.84. The number of amides is 1. The second-order valence-electron chi connectivity index (χ2n) is 7.37. The molecule has 3 rings (SSSR count). The molecule has 0 saturated carbocycles. The van der Waals surface area contributed by atoms with Gasteiger partial charge in [0.1, 0.15) is 0 Å². The van der Waals surface area contributed by atoms with Crippen molar-refractivity contribution in [1.82, 2.24) is 15.5 Å². The molecule has 9 heteroatoms. The summed E-state index contributed by atoms with van der Waals surface area (Å²) in [7, 11) is 0. The quantitative estimate of drug-likeness (QED) is 0.380. The summed E-state index contributed by atoms with van der Waals surface area (Å²) in [5, 5.41) is 11.6. The lowest BCUT2D eigenvalue weighted by Gasteiger charge is -2.23. The average molecular weight is 468 g/mol. The smallest absolute Gasteiger partial charge is 0.230 e. The summed E-state index contributed by atoms with van der Waals surface area (Å²) in [5.74, 6) is 3.13. The summed E-state index contributed by atoms with van der Waals surface area (Å²) < 4.78 is 13.3. The number of rotatable bonds is 10. The molecule has 0 bridgehead atoms. The number of thioether (sulfide) groups is 2. The first-order chi connectivity index (χ1) is 14.6. The molecule has 1 atom stereocenters. The molecule has 0 radical (unpaired) electrons. The van der Waals surface area contributed by atoms with Gasteiger partial charge in [-0.15, -0.1) is 10.2 Å². The van der Waals surface area contributed by atoms with Crippen molar-refractivity contribution < 1.29 is 14.3 Å². The third-order valence-corrected chi connectivity index (χ3v) is 7.83. The molecular formula is C21H29N3O3S3. The van der Waals surface area contributed by atoms with Gasteiger partial charge in [-0.05, 0) is 30.0 Å².